The fourth-order valence-electron chi connectivity index (χ4n) is 4.83. The lowest BCUT2D eigenvalue weighted by molar-refractivity contribution is -0.389. The number of nitrogens with zero attached hydrogens (tertiary/aromatic N) is 4. The first kappa shape index (κ1) is 25.7. The van der Waals surface area contributed by atoms with Gasteiger partial charge in [-0.1, -0.05) is 12.1 Å². The number of fused-ring (bicyclic) bond motifs is 1. The van der Waals surface area contributed by atoms with Crippen LogP contribution < -0.4 is 19.1 Å². The molecule has 1 atom stereocenters. The van der Waals surface area contributed by atoms with Crippen LogP contribution in [0.3, 0.4) is 0 Å². The van der Waals surface area contributed by atoms with Gasteiger partial charge in [-0.2, -0.15) is 0 Å². The highest BCUT2D eigenvalue weighted by atomic mass is 19.4. The lowest BCUT2D eigenvalue weighted by Gasteiger charge is -2.33. The molecule has 0 spiro atoms. The molecule has 202 valence electrons. The number of hydrogen-bond acceptors (Lipinski definition) is 7. The second-order valence-electron chi connectivity index (χ2n) is 9.49. The van der Waals surface area contributed by atoms with Crippen molar-refractivity contribution >= 4 is 11.5 Å². The molecule has 3 heterocycles. The zero-order valence-corrected chi connectivity index (χ0v) is 20.5. The van der Waals surface area contributed by atoms with Crippen LogP contribution >= 0.6 is 0 Å². The van der Waals surface area contributed by atoms with E-state index in [9.17, 15) is 23.3 Å². The van der Waals surface area contributed by atoms with Crippen LogP contribution in [-0.4, -0.2) is 46.6 Å². The lowest BCUT2D eigenvalue weighted by Crippen LogP contribution is -2.34. The molecule has 0 saturated carbocycles. The molecule has 1 fully saturated rings. The molecule has 0 radical (unpaired) electrons. The van der Waals surface area contributed by atoms with Crippen molar-refractivity contribution in [1.82, 2.24) is 9.55 Å². The number of ether oxygens (including phenoxy) is 3. The molecule has 1 saturated heterocycles. The van der Waals surface area contributed by atoms with Crippen molar-refractivity contribution in [2.75, 3.05) is 24.6 Å². The number of benzene rings is 2. The molecule has 1 unspecified atom stereocenters. The van der Waals surface area contributed by atoms with Gasteiger partial charge in [0.15, 0.2) is 0 Å². The van der Waals surface area contributed by atoms with E-state index in [0.29, 0.717) is 25.5 Å². The van der Waals surface area contributed by atoms with Crippen molar-refractivity contribution in [2.24, 2.45) is 5.92 Å². The Balaban J connectivity index is 1.05. The van der Waals surface area contributed by atoms with Crippen LogP contribution in [0.2, 0.25) is 0 Å². The van der Waals surface area contributed by atoms with Crippen LogP contribution in [0.1, 0.15) is 24.8 Å². The molecule has 0 aliphatic carbocycles. The maximum Gasteiger partial charge on any atom is 0.573 e. The minimum atomic E-state index is -4.69. The van der Waals surface area contributed by atoms with Crippen LogP contribution in [0.25, 0.3) is 0 Å². The molecular formula is C26H27F3N4O5. The fourth-order valence-corrected chi connectivity index (χ4v) is 4.83. The average molecular weight is 533 g/mol. The van der Waals surface area contributed by atoms with E-state index in [4.69, 9.17) is 9.47 Å². The van der Waals surface area contributed by atoms with Gasteiger partial charge in [0, 0.05) is 36.7 Å². The minimum absolute atomic E-state index is 0.215. The third kappa shape index (κ3) is 6.48. The van der Waals surface area contributed by atoms with Crippen LogP contribution in [0, 0.1) is 16.0 Å². The van der Waals surface area contributed by atoms with Gasteiger partial charge in [0.2, 0.25) is 0 Å². The van der Waals surface area contributed by atoms with E-state index in [1.54, 1.807) is 16.7 Å². The van der Waals surface area contributed by atoms with E-state index in [1.165, 1.54) is 23.9 Å². The Hall–Kier alpha value is -3.96. The highest BCUT2D eigenvalue weighted by molar-refractivity contribution is 5.49. The summed E-state index contributed by atoms with van der Waals surface area (Å²) in [6.07, 6.45) is 0.0543. The maximum absolute atomic E-state index is 12.4. The predicted molar refractivity (Wildman–Crippen MR) is 132 cm³/mol. The normalized spacial score (nSPS) is 18.0. The maximum atomic E-state index is 12.4. The summed E-state index contributed by atoms with van der Waals surface area (Å²) in [4.78, 5) is 16.4. The minimum Gasteiger partial charge on any atom is -0.490 e. The predicted octanol–water partition coefficient (Wildman–Crippen LogP) is 5.38. The van der Waals surface area contributed by atoms with Crippen molar-refractivity contribution in [3.05, 3.63) is 70.4 Å². The van der Waals surface area contributed by atoms with Gasteiger partial charge in [-0.05, 0) is 72.1 Å². The molecule has 0 N–H and O–H groups in total. The third-order valence-electron chi connectivity index (χ3n) is 6.81. The summed E-state index contributed by atoms with van der Waals surface area (Å²) in [5.74, 6) is 0.809. The van der Waals surface area contributed by atoms with E-state index in [2.05, 4.69) is 26.8 Å². The van der Waals surface area contributed by atoms with Gasteiger partial charge in [0.1, 0.15) is 30.4 Å². The van der Waals surface area contributed by atoms with E-state index < -0.39 is 11.3 Å². The number of imidazole rings is 1. The number of halogens is 3. The standard InChI is InChI=1S/C26H27F3N4O5/c27-26(28,29)38-22-7-3-20(4-8-22)31-12-9-19(10-13-31)15-18-1-5-21(6-2-18)36-17-23-11-14-32-16-24(33(34)35)30-25(32)37-23/h1-8,16,19,23H,9-15,17H2. The zero-order chi connectivity index (χ0) is 26.7. The second-order valence-corrected chi connectivity index (χ2v) is 9.49. The summed E-state index contributed by atoms with van der Waals surface area (Å²) in [5, 5.41) is 10.9. The van der Waals surface area contributed by atoms with Gasteiger partial charge in [-0.25, -0.2) is 0 Å². The topological polar surface area (TPSA) is 91.9 Å². The zero-order valence-electron chi connectivity index (χ0n) is 20.5. The molecule has 0 amide bonds. The Kier molecular flexibility index (Phi) is 7.30. The van der Waals surface area contributed by atoms with Crippen molar-refractivity contribution in [3.8, 4) is 17.5 Å². The third-order valence-corrected chi connectivity index (χ3v) is 6.81. The molecule has 2 aliphatic heterocycles. The average Bonchev–Trinajstić information content (AvgIpc) is 3.32. The van der Waals surface area contributed by atoms with Crippen molar-refractivity contribution in [3.63, 3.8) is 0 Å². The number of anilines is 1. The summed E-state index contributed by atoms with van der Waals surface area (Å²) < 4.78 is 54.3. The lowest BCUT2D eigenvalue weighted by atomic mass is 9.90. The highest BCUT2D eigenvalue weighted by Gasteiger charge is 2.31. The number of aryl methyl sites for hydroxylation is 1. The highest BCUT2D eigenvalue weighted by Crippen LogP contribution is 2.30. The van der Waals surface area contributed by atoms with Gasteiger partial charge in [0.25, 0.3) is 0 Å². The van der Waals surface area contributed by atoms with E-state index >= 15 is 0 Å². The van der Waals surface area contributed by atoms with Crippen LogP contribution in [-0.2, 0) is 13.0 Å². The summed E-state index contributed by atoms with van der Waals surface area (Å²) >= 11 is 0. The molecule has 1 aromatic heterocycles. The van der Waals surface area contributed by atoms with Gasteiger partial charge < -0.3 is 29.2 Å². The largest absolute Gasteiger partial charge is 0.573 e. The first-order chi connectivity index (χ1) is 18.2. The van der Waals surface area contributed by atoms with Gasteiger partial charge in [-0.15, -0.1) is 13.2 Å². The summed E-state index contributed by atoms with van der Waals surface area (Å²) in [5.41, 5.74) is 2.11. The van der Waals surface area contributed by atoms with Crippen molar-refractivity contribution in [1.29, 1.82) is 0 Å². The van der Waals surface area contributed by atoms with Crippen molar-refractivity contribution in [2.45, 2.75) is 44.7 Å². The molecule has 9 nitrogen and oxygen atoms in total. The summed E-state index contributed by atoms with van der Waals surface area (Å²) in [6.45, 7) is 2.59. The Morgan fingerprint density at radius 3 is 2.34 bits per heavy atom. The molecule has 0 bridgehead atoms. The Labute approximate surface area is 216 Å². The summed E-state index contributed by atoms with van der Waals surface area (Å²) in [6, 6.07) is 14.2. The smallest absolute Gasteiger partial charge is 0.490 e. The summed E-state index contributed by atoms with van der Waals surface area (Å²) in [7, 11) is 0. The number of aromatic nitrogens is 2. The molecule has 38 heavy (non-hydrogen) atoms. The second kappa shape index (κ2) is 10.8. The molecule has 3 aromatic rings. The number of piperidine rings is 1. The fraction of sp³-hybridized carbons (Fsp3) is 0.423. The molecule has 2 aromatic carbocycles. The van der Waals surface area contributed by atoms with E-state index in [-0.39, 0.29) is 23.7 Å². The van der Waals surface area contributed by atoms with Crippen LogP contribution in [0.4, 0.5) is 24.7 Å². The van der Waals surface area contributed by atoms with Crippen LogP contribution in [0.15, 0.2) is 54.7 Å². The van der Waals surface area contributed by atoms with Gasteiger partial charge in [0.05, 0.1) is 0 Å². The number of rotatable bonds is 8. The first-order valence-corrected chi connectivity index (χ1v) is 12.4. The SMILES string of the molecule is O=[N+]([O-])c1cn2c(n1)OC(COc1ccc(CC3CCN(c4ccc(OC(F)(F)F)cc4)CC3)cc1)CC2. The van der Waals surface area contributed by atoms with Crippen molar-refractivity contribution < 1.29 is 32.3 Å². The van der Waals surface area contributed by atoms with E-state index in [1.807, 2.05) is 12.1 Å². The Morgan fingerprint density at radius 1 is 1.00 bits per heavy atom. The molecule has 12 heteroatoms. The molecule has 2 aliphatic rings. The Bertz CT molecular complexity index is 1240. The monoisotopic (exact) mass is 532 g/mol. The van der Waals surface area contributed by atoms with Gasteiger partial charge in [-0.3, -0.25) is 4.57 Å². The van der Waals surface area contributed by atoms with Crippen LogP contribution in [0.5, 0.6) is 17.5 Å². The number of hydrogen-bond donors (Lipinski definition) is 0. The first-order valence-electron chi connectivity index (χ1n) is 12.4. The molecule has 5 rings (SSSR count). The quantitative estimate of drug-likeness (QED) is 0.284. The number of nitro groups is 1. The van der Waals surface area contributed by atoms with Gasteiger partial charge >= 0.3 is 18.2 Å². The molecular weight excluding hydrogens is 505 g/mol. The van der Waals surface area contributed by atoms with E-state index in [0.717, 1.165) is 43.8 Å². The Morgan fingerprint density at radius 2 is 1.68 bits per heavy atom. The number of alkyl halides is 3.